The first-order valence-corrected chi connectivity index (χ1v) is 7.20. The number of hydrogen-bond donors (Lipinski definition) is 3. The van der Waals surface area contributed by atoms with Crippen LogP contribution in [0, 0.1) is 0 Å². The van der Waals surface area contributed by atoms with Crippen LogP contribution in [-0.4, -0.2) is 36.7 Å². The van der Waals surface area contributed by atoms with Crippen molar-refractivity contribution in [1.29, 1.82) is 0 Å². The monoisotopic (exact) mass is 337 g/mol. The lowest BCUT2D eigenvalue weighted by Gasteiger charge is -2.17. The minimum atomic E-state index is -3.99. The molecule has 6 nitrogen and oxygen atoms in total. The lowest BCUT2D eigenvalue weighted by molar-refractivity contribution is -0.141. The quantitative estimate of drug-likeness (QED) is 0.728. The van der Waals surface area contributed by atoms with Crippen LogP contribution in [0.1, 0.15) is 6.92 Å². The minimum absolute atomic E-state index is 0.0798. The predicted octanol–water partition coefficient (Wildman–Crippen LogP) is 0.561. The second-order valence-corrected chi connectivity index (χ2v) is 6.26. The average molecular weight is 338 g/mol. The van der Waals surface area contributed by atoms with Gasteiger partial charge in [0.15, 0.2) is 0 Å². The van der Waals surface area contributed by atoms with Gasteiger partial charge in [0, 0.05) is 4.47 Å². The lowest BCUT2D eigenvalue weighted by atomic mass is 10.2. The van der Waals surface area contributed by atoms with Crippen molar-refractivity contribution < 1.29 is 23.4 Å². The zero-order valence-corrected chi connectivity index (χ0v) is 11.8. The summed E-state index contributed by atoms with van der Waals surface area (Å²) < 4.78 is 26.3. The van der Waals surface area contributed by atoms with Gasteiger partial charge < -0.3 is 10.2 Å². The van der Waals surface area contributed by atoms with Gasteiger partial charge in [-0.3, -0.25) is 4.79 Å². The van der Waals surface area contributed by atoms with Crippen LogP contribution in [0.4, 0.5) is 0 Å². The molecule has 0 aromatic heterocycles. The molecule has 0 saturated heterocycles. The molecule has 1 rings (SSSR count). The SMILES string of the molecule is CC(O)C(NS(=O)(=O)c1cccc(Br)c1)C(=O)O. The maximum Gasteiger partial charge on any atom is 0.324 e. The highest BCUT2D eigenvalue weighted by atomic mass is 79.9. The molecule has 1 aromatic rings. The van der Waals surface area contributed by atoms with Crippen LogP contribution in [0.2, 0.25) is 0 Å². The summed E-state index contributed by atoms with van der Waals surface area (Å²) in [6.45, 7) is 1.20. The zero-order valence-electron chi connectivity index (χ0n) is 9.37. The van der Waals surface area contributed by atoms with E-state index in [1.54, 1.807) is 6.07 Å². The summed E-state index contributed by atoms with van der Waals surface area (Å²) in [5, 5.41) is 18.0. The molecule has 2 atom stereocenters. The van der Waals surface area contributed by atoms with Crippen molar-refractivity contribution in [2.24, 2.45) is 0 Å². The lowest BCUT2D eigenvalue weighted by Crippen LogP contribution is -2.47. The number of aliphatic hydroxyl groups is 1. The first kappa shape index (κ1) is 15.1. The third kappa shape index (κ3) is 3.77. The third-order valence-corrected chi connectivity index (χ3v) is 4.07. The molecule has 0 saturated carbocycles. The largest absolute Gasteiger partial charge is 0.480 e. The minimum Gasteiger partial charge on any atom is -0.480 e. The highest BCUT2D eigenvalue weighted by molar-refractivity contribution is 9.10. The molecule has 0 heterocycles. The van der Waals surface area contributed by atoms with Gasteiger partial charge >= 0.3 is 5.97 Å². The van der Waals surface area contributed by atoms with Gasteiger partial charge in [-0.1, -0.05) is 22.0 Å². The van der Waals surface area contributed by atoms with E-state index in [-0.39, 0.29) is 4.90 Å². The maximum atomic E-state index is 11.9. The fourth-order valence-corrected chi connectivity index (χ4v) is 3.08. The summed E-state index contributed by atoms with van der Waals surface area (Å²) >= 11 is 3.12. The number of sulfonamides is 1. The third-order valence-electron chi connectivity index (χ3n) is 2.14. The molecule has 0 fully saturated rings. The Morgan fingerprint density at radius 1 is 1.44 bits per heavy atom. The standard InChI is InChI=1S/C10H12BrNO5S/c1-6(13)9(10(14)15)12-18(16,17)8-4-2-3-7(11)5-8/h2-6,9,12-13H,1H3,(H,14,15). The molecule has 1 aromatic carbocycles. The normalized spacial score (nSPS) is 15.1. The Balaban J connectivity index is 3.05. The van der Waals surface area contributed by atoms with Gasteiger partial charge in [0.25, 0.3) is 0 Å². The van der Waals surface area contributed by atoms with Gasteiger partial charge in [-0.05, 0) is 25.1 Å². The first-order valence-electron chi connectivity index (χ1n) is 4.93. The number of aliphatic hydroxyl groups excluding tert-OH is 1. The average Bonchev–Trinajstić information content (AvgIpc) is 2.25. The van der Waals surface area contributed by atoms with Crippen LogP contribution in [0.5, 0.6) is 0 Å². The number of hydrogen-bond acceptors (Lipinski definition) is 4. The number of benzene rings is 1. The fourth-order valence-electron chi connectivity index (χ4n) is 1.22. The molecule has 3 N–H and O–H groups in total. The van der Waals surface area contributed by atoms with Gasteiger partial charge in [-0.25, -0.2) is 8.42 Å². The highest BCUT2D eigenvalue weighted by Gasteiger charge is 2.29. The van der Waals surface area contributed by atoms with Crippen LogP contribution in [0.15, 0.2) is 33.6 Å². The molecule has 0 spiro atoms. The van der Waals surface area contributed by atoms with Crippen LogP contribution >= 0.6 is 15.9 Å². The number of nitrogens with one attached hydrogen (secondary N) is 1. The van der Waals surface area contributed by atoms with Crippen LogP contribution in [-0.2, 0) is 14.8 Å². The molecule has 0 aliphatic carbocycles. The van der Waals surface area contributed by atoms with E-state index in [4.69, 9.17) is 5.11 Å². The molecular formula is C10H12BrNO5S. The molecular weight excluding hydrogens is 326 g/mol. The van der Waals surface area contributed by atoms with Gasteiger partial charge in [0.1, 0.15) is 6.04 Å². The van der Waals surface area contributed by atoms with E-state index >= 15 is 0 Å². The Labute approximate surface area is 113 Å². The van der Waals surface area contributed by atoms with E-state index in [9.17, 15) is 18.3 Å². The molecule has 0 bridgehead atoms. The van der Waals surface area contributed by atoms with Gasteiger partial charge in [-0.2, -0.15) is 4.72 Å². The molecule has 8 heteroatoms. The first-order chi connectivity index (χ1) is 8.24. The molecule has 0 aliphatic heterocycles. The second kappa shape index (κ2) is 5.79. The van der Waals surface area contributed by atoms with Crippen molar-refractivity contribution >= 4 is 31.9 Å². The van der Waals surface area contributed by atoms with Gasteiger partial charge in [0.2, 0.25) is 10.0 Å². The van der Waals surface area contributed by atoms with Crippen molar-refractivity contribution in [2.75, 3.05) is 0 Å². The van der Waals surface area contributed by atoms with E-state index < -0.39 is 28.1 Å². The zero-order chi connectivity index (χ0) is 13.9. The Kier molecular flexibility index (Phi) is 4.85. The molecule has 2 unspecified atom stereocenters. The van der Waals surface area contributed by atoms with Crippen molar-refractivity contribution in [3.63, 3.8) is 0 Å². The van der Waals surface area contributed by atoms with Crippen molar-refractivity contribution in [2.45, 2.75) is 24.0 Å². The number of aliphatic carboxylic acids is 1. The number of carboxylic acids is 1. The topological polar surface area (TPSA) is 104 Å². The summed E-state index contributed by atoms with van der Waals surface area (Å²) in [4.78, 5) is 10.7. The van der Waals surface area contributed by atoms with Crippen LogP contribution in [0.25, 0.3) is 0 Å². The van der Waals surface area contributed by atoms with Gasteiger partial charge in [0.05, 0.1) is 11.0 Å². The number of carbonyl (C=O) groups is 1. The van der Waals surface area contributed by atoms with E-state index in [1.807, 2.05) is 4.72 Å². The summed E-state index contributed by atoms with van der Waals surface area (Å²) in [7, 11) is -3.99. The summed E-state index contributed by atoms with van der Waals surface area (Å²) in [6.07, 6.45) is -1.34. The molecule has 0 amide bonds. The molecule has 18 heavy (non-hydrogen) atoms. The summed E-state index contributed by atoms with van der Waals surface area (Å²) in [6, 6.07) is 4.23. The van der Waals surface area contributed by atoms with E-state index in [0.717, 1.165) is 0 Å². The number of rotatable bonds is 5. The Morgan fingerprint density at radius 2 is 2.06 bits per heavy atom. The molecule has 0 radical (unpaired) electrons. The fraction of sp³-hybridized carbons (Fsp3) is 0.300. The van der Waals surface area contributed by atoms with Crippen molar-refractivity contribution in [1.82, 2.24) is 4.72 Å². The molecule has 100 valence electrons. The van der Waals surface area contributed by atoms with Crippen molar-refractivity contribution in [3.05, 3.63) is 28.7 Å². The Hall–Kier alpha value is -0.960. The van der Waals surface area contributed by atoms with E-state index in [0.29, 0.717) is 4.47 Å². The maximum absolute atomic E-state index is 11.9. The van der Waals surface area contributed by atoms with Crippen LogP contribution < -0.4 is 4.72 Å². The Bertz CT molecular complexity index is 543. The number of halogens is 1. The smallest absolute Gasteiger partial charge is 0.324 e. The van der Waals surface area contributed by atoms with Crippen LogP contribution in [0.3, 0.4) is 0 Å². The van der Waals surface area contributed by atoms with Gasteiger partial charge in [-0.15, -0.1) is 0 Å². The van der Waals surface area contributed by atoms with E-state index in [2.05, 4.69) is 15.9 Å². The van der Waals surface area contributed by atoms with Crippen molar-refractivity contribution in [3.8, 4) is 0 Å². The summed E-state index contributed by atoms with van der Waals surface area (Å²) in [5.41, 5.74) is 0. The Morgan fingerprint density at radius 3 is 2.50 bits per heavy atom. The second-order valence-electron chi connectivity index (χ2n) is 3.64. The predicted molar refractivity (Wildman–Crippen MR) is 67.6 cm³/mol. The highest BCUT2D eigenvalue weighted by Crippen LogP contribution is 2.16. The molecule has 0 aliphatic rings. The summed E-state index contributed by atoms with van der Waals surface area (Å²) in [5.74, 6) is -1.44. The van der Waals surface area contributed by atoms with E-state index in [1.165, 1.54) is 25.1 Å². The number of carboxylic acid groups (broad SMARTS) is 1.